The lowest BCUT2D eigenvalue weighted by atomic mass is 10.1. The molecule has 0 saturated carbocycles. The Morgan fingerprint density at radius 2 is 2.05 bits per heavy atom. The molecule has 100 valence electrons. The van der Waals surface area contributed by atoms with E-state index >= 15 is 0 Å². The molecule has 0 aromatic heterocycles. The Hall–Kier alpha value is -2.58. The molecule has 1 N–H and O–H groups in total. The molecule has 2 aromatic carbocycles. The molecule has 0 aliphatic heterocycles. The van der Waals surface area contributed by atoms with Crippen LogP contribution in [0.1, 0.15) is 11.1 Å². The summed E-state index contributed by atoms with van der Waals surface area (Å²) in [6.07, 6.45) is 0. The van der Waals surface area contributed by atoms with E-state index in [2.05, 4.69) is 5.32 Å². The van der Waals surface area contributed by atoms with E-state index in [4.69, 9.17) is 16.9 Å². The van der Waals surface area contributed by atoms with Crippen molar-refractivity contribution in [1.82, 2.24) is 0 Å². The number of nitro benzene ring substituents is 1. The molecular formula is C14H10ClN3O2. The lowest BCUT2D eigenvalue weighted by Crippen LogP contribution is -2.03. The van der Waals surface area contributed by atoms with Gasteiger partial charge in [-0.15, -0.1) is 0 Å². The Labute approximate surface area is 120 Å². The summed E-state index contributed by atoms with van der Waals surface area (Å²) < 4.78 is 0. The van der Waals surface area contributed by atoms with E-state index in [9.17, 15) is 10.1 Å². The van der Waals surface area contributed by atoms with Crippen LogP contribution in [0.3, 0.4) is 0 Å². The van der Waals surface area contributed by atoms with E-state index in [0.717, 1.165) is 5.56 Å². The first-order valence-electron chi connectivity index (χ1n) is 5.77. The fourth-order valence-electron chi connectivity index (χ4n) is 1.74. The molecule has 6 heteroatoms. The number of benzene rings is 2. The second-order valence-corrected chi connectivity index (χ2v) is 4.45. The number of nitrogens with one attached hydrogen (secondary N) is 1. The molecule has 2 aromatic rings. The average Bonchev–Trinajstić information content (AvgIpc) is 2.46. The smallest absolute Gasteiger partial charge is 0.292 e. The van der Waals surface area contributed by atoms with Gasteiger partial charge in [0.25, 0.3) is 5.69 Å². The van der Waals surface area contributed by atoms with Gasteiger partial charge in [-0.3, -0.25) is 10.1 Å². The van der Waals surface area contributed by atoms with E-state index in [-0.39, 0.29) is 5.69 Å². The maximum absolute atomic E-state index is 11.0. The minimum atomic E-state index is -0.490. The zero-order valence-electron chi connectivity index (χ0n) is 10.3. The molecular weight excluding hydrogens is 278 g/mol. The summed E-state index contributed by atoms with van der Waals surface area (Å²) in [5.74, 6) is 0. The highest BCUT2D eigenvalue weighted by atomic mass is 35.5. The number of nitriles is 1. The third kappa shape index (κ3) is 3.05. The maximum atomic E-state index is 11.0. The molecule has 0 aliphatic rings. The molecule has 20 heavy (non-hydrogen) atoms. The molecule has 0 heterocycles. The molecule has 2 rings (SSSR count). The Morgan fingerprint density at radius 3 is 2.70 bits per heavy atom. The summed E-state index contributed by atoms with van der Waals surface area (Å²) in [4.78, 5) is 10.5. The van der Waals surface area contributed by atoms with E-state index in [0.29, 0.717) is 22.8 Å². The molecule has 0 bridgehead atoms. The summed E-state index contributed by atoms with van der Waals surface area (Å²) in [6.45, 7) is 0.343. The van der Waals surface area contributed by atoms with Gasteiger partial charge in [-0.25, -0.2) is 0 Å². The molecule has 0 unspecified atom stereocenters. The minimum absolute atomic E-state index is 0.0731. The summed E-state index contributed by atoms with van der Waals surface area (Å²) in [7, 11) is 0. The lowest BCUT2D eigenvalue weighted by Gasteiger charge is -2.08. The fourth-order valence-corrected chi connectivity index (χ4v) is 1.94. The SMILES string of the molecule is N#Cc1ccc([N+](=O)[O-])c(NCc2ccccc2Cl)c1. The number of hydrogen-bond acceptors (Lipinski definition) is 4. The van der Waals surface area contributed by atoms with Crippen molar-refractivity contribution in [3.05, 3.63) is 68.7 Å². The van der Waals surface area contributed by atoms with Crippen LogP contribution >= 0.6 is 11.6 Å². The van der Waals surface area contributed by atoms with Crippen LogP contribution in [-0.4, -0.2) is 4.92 Å². The van der Waals surface area contributed by atoms with Crippen LogP contribution in [0.25, 0.3) is 0 Å². The van der Waals surface area contributed by atoms with Crippen molar-refractivity contribution in [2.24, 2.45) is 0 Å². The normalized spacial score (nSPS) is 9.80. The number of rotatable bonds is 4. The zero-order valence-corrected chi connectivity index (χ0v) is 11.1. The van der Waals surface area contributed by atoms with E-state index < -0.39 is 4.92 Å². The van der Waals surface area contributed by atoms with Gasteiger partial charge in [0.15, 0.2) is 0 Å². The van der Waals surface area contributed by atoms with Crippen LogP contribution in [0.5, 0.6) is 0 Å². The third-order valence-electron chi connectivity index (χ3n) is 2.75. The molecule has 5 nitrogen and oxygen atoms in total. The van der Waals surface area contributed by atoms with E-state index in [1.807, 2.05) is 24.3 Å². The monoisotopic (exact) mass is 287 g/mol. The first-order valence-corrected chi connectivity index (χ1v) is 6.15. The van der Waals surface area contributed by atoms with Gasteiger partial charge in [-0.05, 0) is 23.8 Å². The number of nitro groups is 1. The van der Waals surface area contributed by atoms with E-state index in [1.54, 1.807) is 6.07 Å². The van der Waals surface area contributed by atoms with Crippen LogP contribution in [-0.2, 0) is 6.54 Å². The van der Waals surface area contributed by atoms with Crippen molar-refractivity contribution in [3.63, 3.8) is 0 Å². The van der Waals surface area contributed by atoms with Crippen LogP contribution in [0.2, 0.25) is 5.02 Å². The number of hydrogen-bond donors (Lipinski definition) is 1. The van der Waals surface area contributed by atoms with Crippen LogP contribution in [0, 0.1) is 21.4 Å². The number of anilines is 1. The first-order chi connectivity index (χ1) is 9.61. The zero-order chi connectivity index (χ0) is 14.5. The predicted molar refractivity (Wildman–Crippen MR) is 76.6 cm³/mol. The second-order valence-electron chi connectivity index (χ2n) is 4.05. The molecule has 0 amide bonds. The van der Waals surface area contributed by atoms with Gasteiger partial charge in [-0.2, -0.15) is 5.26 Å². The van der Waals surface area contributed by atoms with Gasteiger partial charge in [0, 0.05) is 17.6 Å². The predicted octanol–water partition coefficient (Wildman–Crippen LogP) is 3.73. The lowest BCUT2D eigenvalue weighted by molar-refractivity contribution is -0.384. The summed E-state index contributed by atoms with van der Waals surface area (Å²) in [6, 6.07) is 13.4. The van der Waals surface area contributed by atoms with Crippen molar-refractivity contribution in [2.45, 2.75) is 6.54 Å². The standard InChI is InChI=1S/C14H10ClN3O2/c15-12-4-2-1-3-11(12)9-17-13-7-10(8-16)5-6-14(13)18(19)20/h1-7,17H,9H2. The van der Waals surface area contributed by atoms with Crippen LogP contribution in [0.4, 0.5) is 11.4 Å². The van der Waals surface area contributed by atoms with Gasteiger partial charge in [-0.1, -0.05) is 29.8 Å². The fraction of sp³-hybridized carbons (Fsp3) is 0.0714. The topological polar surface area (TPSA) is 79.0 Å². The van der Waals surface area contributed by atoms with Crippen LogP contribution < -0.4 is 5.32 Å². The van der Waals surface area contributed by atoms with Gasteiger partial charge >= 0.3 is 0 Å². The average molecular weight is 288 g/mol. The Morgan fingerprint density at radius 1 is 1.30 bits per heavy atom. The third-order valence-corrected chi connectivity index (χ3v) is 3.12. The van der Waals surface area contributed by atoms with Gasteiger partial charge in [0.2, 0.25) is 0 Å². The molecule has 0 fully saturated rings. The molecule has 0 atom stereocenters. The van der Waals surface area contributed by atoms with Crippen molar-refractivity contribution >= 4 is 23.0 Å². The Bertz CT molecular complexity index is 695. The van der Waals surface area contributed by atoms with E-state index in [1.165, 1.54) is 18.2 Å². The van der Waals surface area contributed by atoms with Crippen molar-refractivity contribution < 1.29 is 4.92 Å². The Balaban J connectivity index is 2.26. The quantitative estimate of drug-likeness (QED) is 0.686. The molecule has 0 spiro atoms. The highest BCUT2D eigenvalue weighted by Crippen LogP contribution is 2.26. The largest absolute Gasteiger partial charge is 0.375 e. The highest BCUT2D eigenvalue weighted by Gasteiger charge is 2.14. The van der Waals surface area contributed by atoms with Crippen molar-refractivity contribution in [3.8, 4) is 6.07 Å². The minimum Gasteiger partial charge on any atom is -0.375 e. The molecule has 0 saturated heterocycles. The summed E-state index contributed by atoms with van der Waals surface area (Å²) >= 11 is 6.03. The van der Waals surface area contributed by atoms with Gasteiger partial charge in [0.05, 0.1) is 16.6 Å². The highest BCUT2D eigenvalue weighted by molar-refractivity contribution is 6.31. The van der Waals surface area contributed by atoms with Crippen molar-refractivity contribution in [1.29, 1.82) is 5.26 Å². The van der Waals surface area contributed by atoms with Gasteiger partial charge < -0.3 is 5.32 Å². The molecule has 0 aliphatic carbocycles. The number of nitrogens with zero attached hydrogens (tertiary/aromatic N) is 2. The van der Waals surface area contributed by atoms with Crippen LogP contribution in [0.15, 0.2) is 42.5 Å². The maximum Gasteiger partial charge on any atom is 0.292 e. The van der Waals surface area contributed by atoms with Crippen molar-refractivity contribution in [2.75, 3.05) is 5.32 Å². The second kappa shape index (κ2) is 6.04. The number of halogens is 1. The Kier molecular flexibility index (Phi) is 4.18. The van der Waals surface area contributed by atoms with Gasteiger partial charge in [0.1, 0.15) is 5.69 Å². The first kappa shape index (κ1) is 13.8. The molecule has 0 radical (unpaired) electrons. The summed E-state index contributed by atoms with van der Waals surface area (Å²) in [5, 5.41) is 23.3. The summed E-state index contributed by atoms with van der Waals surface area (Å²) in [5.41, 5.74) is 1.41.